The topological polar surface area (TPSA) is 70.0 Å². The second-order valence-corrected chi connectivity index (χ2v) is 5.09. The van der Waals surface area contributed by atoms with E-state index in [9.17, 15) is 15.0 Å². The molecule has 1 atom stereocenters. The molecule has 1 amide bonds. The predicted octanol–water partition coefficient (Wildman–Crippen LogP) is 2.13. The van der Waals surface area contributed by atoms with E-state index in [-0.39, 0.29) is 29.1 Å². The van der Waals surface area contributed by atoms with Crippen molar-refractivity contribution >= 4 is 5.91 Å². The number of carbonyl (C=O) groups is 1. The van der Waals surface area contributed by atoms with Gasteiger partial charge in [-0.15, -0.1) is 0 Å². The highest BCUT2D eigenvalue weighted by Gasteiger charge is 2.26. The summed E-state index contributed by atoms with van der Waals surface area (Å²) in [5.74, 6) is -0.394. The quantitative estimate of drug-likeness (QED) is 0.828. The molecule has 1 fully saturated rings. The molecule has 0 radical (unpaired) electrons. The molecule has 110 valence electrons. The number of phenolic OH excluding ortho intramolecular Hbond substituents is 2. The van der Waals surface area contributed by atoms with Crippen LogP contribution in [0.3, 0.4) is 0 Å². The number of piperidine rings is 1. The number of amides is 1. The lowest BCUT2D eigenvalue weighted by Crippen LogP contribution is -2.43. The molecule has 20 heavy (non-hydrogen) atoms. The van der Waals surface area contributed by atoms with Crippen molar-refractivity contribution in [1.29, 1.82) is 0 Å². The molecule has 1 aromatic carbocycles. The highest BCUT2D eigenvalue weighted by atomic mass is 16.5. The Kier molecular flexibility index (Phi) is 4.84. The van der Waals surface area contributed by atoms with Gasteiger partial charge in [0.1, 0.15) is 11.5 Å². The van der Waals surface area contributed by atoms with Crippen molar-refractivity contribution in [3.05, 3.63) is 23.8 Å². The van der Waals surface area contributed by atoms with Crippen LogP contribution in [0, 0.1) is 0 Å². The van der Waals surface area contributed by atoms with Gasteiger partial charge in [-0.05, 0) is 37.5 Å². The SMILES string of the molecule is CCCOC1CCCN(C(=O)c2cc(O)ccc2O)C1. The molecular formula is C15H21NO4. The number of aromatic hydroxyl groups is 2. The van der Waals surface area contributed by atoms with Crippen molar-refractivity contribution in [1.82, 2.24) is 4.90 Å². The Labute approximate surface area is 118 Å². The summed E-state index contributed by atoms with van der Waals surface area (Å²) in [5, 5.41) is 19.2. The molecule has 2 N–H and O–H groups in total. The molecule has 0 bridgehead atoms. The van der Waals surface area contributed by atoms with Crippen molar-refractivity contribution in [3.63, 3.8) is 0 Å². The van der Waals surface area contributed by atoms with Crippen molar-refractivity contribution in [2.24, 2.45) is 0 Å². The average Bonchev–Trinajstić information content (AvgIpc) is 2.47. The summed E-state index contributed by atoms with van der Waals surface area (Å²) in [6.45, 7) is 3.94. The minimum atomic E-state index is -0.261. The third-order valence-corrected chi connectivity index (χ3v) is 3.43. The van der Waals surface area contributed by atoms with E-state index in [1.807, 2.05) is 0 Å². The molecule has 0 aromatic heterocycles. The molecule has 1 aliphatic heterocycles. The second-order valence-electron chi connectivity index (χ2n) is 5.09. The molecule has 1 saturated heterocycles. The lowest BCUT2D eigenvalue weighted by Gasteiger charge is -2.32. The van der Waals surface area contributed by atoms with Crippen LogP contribution < -0.4 is 0 Å². The van der Waals surface area contributed by atoms with Gasteiger partial charge < -0.3 is 19.8 Å². The third kappa shape index (κ3) is 3.42. The summed E-state index contributed by atoms with van der Waals surface area (Å²) < 4.78 is 5.70. The van der Waals surface area contributed by atoms with E-state index < -0.39 is 0 Å². The van der Waals surface area contributed by atoms with Crippen molar-refractivity contribution in [2.75, 3.05) is 19.7 Å². The van der Waals surface area contributed by atoms with E-state index in [0.29, 0.717) is 19.7 Å². The Balaban J connectivity index is 2.06. The monoisotopic (exact) mass is 279 g/mol. The van der Waals surface area contributed by atoms with Crippen LogP contribution in [0.25, 0.3) is 0 Å². The summed E-state index contributed by atoms with van der Waals surface area (Å²) in [5.41, 5.74) is 0.140. The second kappa shape index (κ2) is 6.61. The number of hydrogen-bond acceptors (Lipinski definition) is 4. The number of rotatable bonds is 4. The summed E-state index contributed by atoms with van der Waals surface area (Å²) in [6.07, 6.45) is 2.86. The molecule has 0 spiro atoms. The number of carbonyl (C=O) groups excluding carboxylic acids is 1. The first-order valence-corrected chi connectivity index (χ1v) is 7.04. The van der Waals surface area contributed by atoms with Crippen molar-refractivity contribution in [2.45, 2.75) is 32.3 Å². The number of likely N-dealkylation sites (tertiary alicyclic amines) is 1. The Hall–Kier alpha value is -1.75. The Morgan fingerprint density at radius 2 is 2.25 bits per heavy atom. The maximum atomic E-state index is 12.4. The number of phenols is 2. The van der Waals surface area contributed by atoms with Crippen LogP contribution in [-0.4, -0.2) is 46.8 Å². The highest BCUT2D eigenvalue weighted by molar-refractivity contribution is 5.97. The Morgan fingerprint density at radius 3 is 3.00 bits per heavy atom. The van der Waals surface area contributed by atoms with Gasteiger partial charge in [-0.25, -0.2) is 0 Å². The molecule has 1 unspecified atom stereocenters. The minimum absolute atomic E-state index is 0.0260. The van der Waals surface area contributed by atoms with Crippen LogP contribution in [0.1, 0.15) is 36.5 Å². The summed E-state index contributed by atoms with van der Waals surface area (Å²) in [6, 6.07) is 3.99. The standard InChI is InChI=1S/C15H21NO4/c1-2-8-20-12-4-3-7-16(10-12)15(19)13-9-11(17)5-6-14(13)18/h5-6,9,12,17-18H,2-4,7-8,10H2,1H3. The lowest BCUT2D eigenvalue weighted by molar-refractivity contribution is 0.00201. The maximum absolute atomic E-state index is 12.4. The predicted molar refractivity (Wildman–Crippen MR) is 74.9 cm³/mol. The first-order valence-electron chi connectivity index (χ1n) is 7.04. The number of ether oxygens (including phenoxy) is 1. The fraction of sp³-hybridized carbons (Fsp3) is 0.533. The van der Waals surface area contributed by atoms with E-state index in [0.717, 1.165) is 19.3 Å². The number of hydrogen-bond donors (Lipinski definition) is 2. The van der Waals surface area contributed by atoms with Gasteiger partial charge in [-0.2, -0.15) is 0 Å². The molecule has 1 aliphatic rings. The van der Waals surface area contributed by atoms with Crippen LogP contribution in [0.15, 0.2) is 18.2 Å². The van der Waals surface area contributed by atoms with Crippen LogP contribution in [-0.2, 0) is 4.74 Å². The number of nitrogens with zero attached hydrogens (tertiary/aromatic N) is 1. The van der Waals surface area contributed by atoms with E-state index in [1.54, 1.807) is 4.90 Å². The molecule has 0 saturated carbocycles. The van der Waals surface area contributed by atoms with Crippen LogP contribution in [0.2, 0.25) is 0 Å². The van der Waals surface area contributed by atoms with Gasteiger partial charge in [-0.3, -0.25) is 4.79 Å². The normalized spacial score (nSPS) is 19.1. The Morgan fingerprint density at radius 1 is 1.45 bits per heavy atom. The minimum Gasteiger partial charge on any atom is -0.508 e. The van der Waals surface area contributed by atoms with Gasteiger partial charge in [-0.1, -0.05) is 6.92 Å². The molecule has 0 aliphatic carbocycles. The molecule has 1 heterocycles. The van der Waals surface area contributed by atoms with E-state index in [1.165, 1.54) is 18.2 Å². The van der Waals surface area contributed by atoms with E-state index >= 15 is 0 Å². The van der Waals surface area contributed by atoms with E-state index in [4.69, 9.17) is 4.74 Å². The lowest BCUT2D eigenvalue weighted by atomic mass is 10.1. The largest absolute Gasteiger partial charge is 0.508 e. The van der Waals surface area contributed by atoms with Crippen LogP contribution in [0.5, 0.6) is 11.5 Å². The van der Waals surface area contributed by atoms with Crippen molar-refractivity contribution < 1.29 is 19.7 Å². The van der Waals surface area contributed by atoms with Crippen LogP contribution in [0.4, 0.5) is 0 Å². The van der Waals surface area contributed by atoms with Gasteiger partial charge in [0, 0.05) is 19.7 Å². The van der Waals surface area contributed by atoms with Gasteiger partial charge in [0.15, 0.2) is 0 Å². The third-order valence-electron chi connectivity index (χ3n) is 3.43. The Bertz CT molecular complexity index is 475. The first kappa shape index (κ1) is 14.7. The van der Waals surface area contributed by atoms with Crippen molar-refractivity contribution in [3.8, 4) is 11.5 Å². The first-order chi connectivity index (χ1) is 9.61. The average molecular weight is 279 g/mol. The molecule has 5 nitrogen and oxygen atoms in total. The maximum Gasteiger partial charge on any atom is 0.257 e. The molecule has 2 rings (SSSR count). The smallest absolute Gasteiger partial charge is 0.257 e. The molecule has 5 heteroatoms. The van der Waals surface area contributed by atoms with Gasteiger partial charge in [0.2, 0.25) is 0 Å². The van der Waals surface area contributed by atoms with Crippen LogP contribution >= 0.6 is 0 Å². The van der Waals surface area contributed by atoms with Gasteiger partial charge >= 0.3 is 0 Å². The summed E-state index contributed by atoms with van der Waals surface area (Å²) in [4.78, 5) is 14.1. The molecule has 1 aromatic rings. The zero-order chi connectivity index (χ0) is 14.5. The van der Waals surface area contributed by atoms with Gasteiger partial charge in [0.05, 0.1) is 11.7 Å². The number of benzene rings is 1. The fourth-order valence-electron chi connectivity index (χ4n) is 2.41. The molecular weight excluding hydrogens is 258 g/mol. The fourth-order valence-corrected chi connectivity index (χ4v) is 2.41. The summed E-state index contributed by atoms with van der Waals surface area (Å²) >= 11 is 0. The summed E-state index contributed by atoms with van der Waals surface area (Å²) in [7, 11) is 0. The zero-order valence-corrected chi connectivity index (χ0v) is 11.7. The van der Waals surface area contributed by atoms with Gasteiger partial charge in [0.25, 0.3) is 5.91 Å². The highest BCUT2D eigenvalue weighted by Crippen LogP contribution is 2.25. The zero-order valence-electron chi connectivity index (χ0n) is 11.7. The van der Waals surface area contributed by atoms with E-state index in [2.05, 4.69) is 6.92 Å².